The summed E-state index contributed by atoms with van der Waals surface area (Å²) >= 11 is 3.32. The summed E-state index contributed by atoms with van der Waals surface area (Å²) in [4.78, 5) is 4.23. The monoisotopic (exact) mass is 237 g/mol. The van der Waals surface area contributed by atoms with Crippen molar-refractivity contribution in [2.24, 2.45) is 0 Å². The van der Waals surface area contributed by atoms with Gasteiger partial charge in [0.15, 0.2) is 0 Å². The van der Waals surface area contributed by atoms with Crippen LogP contribution in [0.2, 0.25) is 0 Å². The zero-order valence-corrected chi connectivity index (χ0v) is 8.45. The van der Waals surface area contributed by atoms with Gasteiger partial charge in [0.2, 0.25) is 0 Å². The van der Waals surface area contributed by atoms with E-state index < -0.39 is 0 Å². The molecule has 0 radical (unpaired) electrons. The van der Waals surface area contributed by atoms with Gasteiger partial charge < -0.3 is 0 Å². The lowest BCUT2D eigenvalue weighted by molar-refractivity contribution is 1.12. The summed E-state index contributed by atoms with van der Waals surface area (Å²) in [5.41, 5.74) is 2.95. The number of halogens is 1. The van der Waals surface area contributed by atoms with E-state index in [0.29, 0.717) is 0 Å². The van der Waals surface area contributed by atoms with Crippen LogP contribution in [0, 0.1) is 0 Å². The second-order valence-electron chi connectivity index (χ2n) is 2.63. The second-order valence-corrected chi connectivity index (χ2v) is 3.28. The Morgan fingerprint density at radius 3 is 3.23 bits per heavy atom. The average molecular weight is 238 g/mol. The average Bonchev–Trinajstić information content (AvgIpc) is 2.61. The number of aromatic nitrogens is 3. The van der Waals surface area contributed by atoms with Gasteiger partial charge >= 0.3 is 0 Å². The number of rotatable bonds is 2. The number of H-pyrrole nitrogens is 1. The standard InChI is InChI=1S/C9H8BrN3/c10-3-1-2-7-4-8-9(11-5-7)6-12-13-8/h1-2,4-6H,3H2,(H,12,13). The fraction of sp³-hybridized carbons (Fsp3) is 0.111. The highest BCUT2D eigenvalue weighted by atomic mass is 79.9. The maximum absolute atomic E-state index is 4.23. The van der Waals surface area contributed by atoms with Crippen LogP contribution in [0.1, 0.15) is 5.56 Å². The fourth-order valence-corrected chi connectivity index (χ4v) is 1.31. The molecule has 13 heavy (non-hydrogen) atoms. The number of aromatic amines is 1. The van der Waals surface area contributed by atoms with Crippen molar-refractivity contribution in [1.82, 2.24) is 15.2 Å². The van der Waals surface area contributed by atoms with Gasteiger partial charge in [-0.2, -0.15) is 5.10 Å². The zero-order valence-electron chi connectivity index (χ0n) is 6.87. The van der Waals surface area contributed by atoms with Crippen LogP contribution in [0.15, 0.2) is 24.5 Å². The van der Waals surface area contributed by atoms with E-state index in [9.17, 15) is 0 Å². The topological polar surface area (TPSA) is 41.6 Å². The van der Waals surface area contributed by atoms with Crippen LogP contribution in [-0.4, -0.2) is 20.5 Å². The Balaban J connectivity index is 2.42. The SMILES string of the molecule is BrCC=Cc1cnc2cn[nH]c2c1. The fourth-order valence-electron chi connectivity index (χ4n) is 1.12. The molecule has 3 nitrogen and oxygen atoms in total. The van der Waals surface area contributed by atoms with Crippen molar-refractivity contribution in [1.29, 1.82) is 0 Å². The molecule has 0 bridgehead atoms. The first kappa shape index (κ1) is 8.44. The summed E-state index contributed by atoms with van der Waals surface area (Å²) in [5.74, 6) is 0. The molecule has 0 fully saturated rings. The number of alkyl halides is 1. The van der Waals surface area contributed by atoms with Gasteiger partial charge in [-0.1, -0.05) is 28.1 Å². The zero-order chi connectivity index (χ0) is 9.10. The number of pyridine rings is 1. The van der Waals surface area contributed by atoms with Gasteiger partial charge in [-0.05, 0) is 11.6 Å². The maximum atomic E-state index is 4.23. The van der Waals surface area contributed by atoms with Gasteiger partial charge in [0.25, 0.3) is 0 Å². The molecule has 0 saturated carbocycles. The molecule has 0 spiro atoms. The van der Waals surface area contributed by atoms with Gasteiger partial charge in [0.05, 0.1) is 11.7 Å². The third-order valence-electron chi connectivity index (χ3n) is 1.71. The first-order valence-electron chi connectivity index (χ1n) is 3.92. The molecule has 66 valence electrons. The smallest absolute Gasteiger partial charge is 0.108 e. The van der Waals surface area contributed by atoms with Crippen LogP contribution >= 0.6 is 15.9 Å². The molecule has 2 aromatic heterocycles. The van der Waals surface area contributed by atoms with Crippen LogP contribution in [0.25, 0.3) is 17.1 Å². The second kappa shape index (κ2) is 3.70. The van der Waals surface area contributed by atoms with Crippen molar-refractivity contribution >= 4 is 33.0 Å². The van der Waals surface area contributed by atoms with Crippen molar-refractivity contribution < 1.29 is 0 Å². The third kappa shape index (κ3) is 1.78. The van der Waals surface area contributed by atoms with Gasteiger partial charge in [-0.25, -0.2) is 0 Å². The lowest BCUT2D eigenvalue weighted by atomic mass is 10.2. The summed E-state index contributed by atoms with van der Waals surface area (Å²) < 4.78 is 0. The highest BCUT2D eigenvalue weighted by Gasteiger charge is 1.95. The number of nitrogens with zero attached hydrogens (tertiary/aromatic N) is 2. The van der Waals surface area contributed by atoms with E-state index in [1.807, 2.05) is 24.4 Å². The van der Waals surface area contributed by atoms with E-state index in [0.717, 1.165) is 21.9 Å². The summed E-state index contributed by atoms with van der Waals surface area (Å²) in [6, 6.07) is 2.02. The summed E-state index contributed by atoms with van der Waals surface area (Å²) in [7, 11) is 0. The van der Waals surface area contributed by atoms with Crippen molar-refractivity contribution in [3.63, 3.8) is 0 Å². The van der Waals surface area contributed by atoms with Crippen molar-refractivity contribution in [3.8, 4) is 0 Å². The van der Waals surface area contributed by atoms with Crippen LogP contribution < -0.4 is 0 Å². The Hall–Kier alpha value is -1.16. The summed E-state index contributed by atoms with van der Waals surface area (Å²) in [6.45, 7) is 0. The normalized spacial score (nSPS) is 11.5. The molecule has 2 aromatic rings. The van der Waals surface area contributed by atoms with Crippen molar-refractivity contribution in [2.75, 3.05) is 5.33 Å². The number of hydrogen-bond acceptors (Lipinski definition) is 2. The van der Waals surface area contributed by atoms with Gasteiger partial charge in [-0.3, -0.25) is 10.1 Å². The van der Waals surface area contributed by atoms with Gasteiger partial charge in [0, 0.05) is 11.5 Å². The predicted molar refractivity (Wildman–Crippen MR) is 56.7 cm³/mol. The molecular formula is C9H8BrN3. The van der Waals surface area contributed by atoms with Gasteiger partial charge in [0.1, 0.15) is 5.52 Å². The molecule has 0 aromatic carbocycles. The van der Waals surface area contributed by atoms with E-state index in [-0.39, 0.29) is 0 Å². The number of fused-ring (bicyclic) bond motifs is 1. The molecule has 0 atom stereocenters. The molecule has 0 unspecified atom stereocenters. The molecule has 2 rings (SSSR count). The Labute approximate surface area is 84.0 Å². The molecule has 2 heterocycles. The van der Waals surface area contributed by atoms with E-state index in [1.54, 1.807) is 6.20 Å². The van der Waals surface area contributed by atoms with Gasteiger partial charge in [-0.15, -0.1) is 0 Å². The van der Waals surface area contributed by atoms with E-state index in [2.05, 4.69) is 31.1 Å². The molecule has 0 saturated heterocycles. The lowest BCUT2D eigenvalue weighted by Gasteiger charge is -1.91. The molecule has 0 aliphatic carbocycles. The minimum atomic E-state index is 0.855. The van der Waals surface area contributed by atoms with Crippen LogP contribution in [0.4, 0.5) is 0 Å². The highest BCUT2D eigenvalue weighted by Crippen LogP contribution is 2.10. The summed E-state index contributed by atoms with van der Waals surface area (Å²) in [6.07, 6.45) is 7.59. The van der Waals surface area contributed by atoms with E-state index in [1.165, 1.54) is 0 Å². The largest absolute Gasteiger partial charge is 0.276 e. The van der Waals surface area contributed by atoms with Crippen LogP contribution in [0.3, 0.4) is 0 Å². The van der Waals surface area contributed by atoms with Crippen molar-refractivity contribution in [3.05, 3.63) is 30.1 Å². The summed E-state index contributed by atoms with van der Waals surface area (Å²) in [5, 5.41) is 7.64. The molecule has 0 aliphatic rings. The van der Waals surface area contributed by atoms with E-state index in [4.69, 9.17) is 0 Å². The first-order chi connectivity index (χ1) is 6.40. The van der Waals surface area contributed by atoms with Crippen LogP contribution in [-0.2, 0) is 0 Å². The van der Waals surface area contributed by atoms with Crippen molar-refractivity contribution in [2.45, 2.75) is 0 Å². The van der Waals surface area contributed by atoms with E-state index >= 15 is 0 Å². The lowest BCUT2D eigenvalue weighted by Crippen LogP contribution is -1.78. The molecule has 0 amide bonds. The molecule has 4 heteroatoms. The molecule has 0 aliphatic heterocycles. The highest BCUT2D eigenvalue weighted by molar-refractivity contribution is 9.09. The molecular weight excluding hydrogens is 230 g/mol. The Morgan fingerprint density at radius 1 is 1.46 bits per heavy atom. The maximum Gasteiger partial charge on any atom is 0.108 e. The quantitative estimate of drug-likeness (QED) is 0.816. The number of nitrogens with one attached hydrogen (secondary N) is 1. The number of hydrogen-bond donors (Lipinski definition) is 1. The third-order valence-corrected chi connectivity index (χ3v) is 2.08. The van der Waals surface area contributed by atoms with Crippen LogP contribution in [0.5, 0.6) is 0 Å². The Kier molecular flexibility index (Phi) is 2.40. The predicted octanol–water partition coefficient (Wildman–Crippen LogP) is 2.37. The minimum absolute atomic E-state index is 0.855. The number of allylic oxidation sites excluding steroid dienone is 1. The Bertz CT molecular complexity index is 433. The minimum Gasteiger partial charge on any atom is -0.276 e. The first-order valence-corrected chi connectivity index (χ1v) is 5.04. The Morgan fingerprint density at radius 2 is 2.38 bits per heavy atom. The molecule has 1 N–H and O–H groups in total.